The Hall–Kier alpha value is -3.32. The Labute approximate surface area is 172 Å². The van der Waals surface area contributed by atoms with Crippen LogP contribution in [0.4, 0.5) is 4.79 Å². The van der Waals surface area contributed by atoms with Crippen LogP contribution in [0.5, 0.6) is 11.5 Å². The molecular weight excluding hydrogens is 388 g/mol. The van der Waals surface area contributed by atoms with Crippen molar-refractivity contribution in [3.63, 3.8) is 0 Å². The van der Waals surface area contributed by atoms with E-state index in [1.165, 1.54) is 14.1 Å². The highest BCUT2D eigenvalue weighted by atomic mass is 32.2. The molecule has 0 saturated heterocycles. The summed E-state index contributed by atoms with van der Waals surface area (Å²) in [6.45, 7) is 0. The zero-order valence-corrected chi connectivity index (χ0v) is 17.3. The van der Waals surface area contributed by atoms with Gasteiger partial charge in [0.2, 0.25) is 0 Å². The normalized spacial score (nSPS) is 12.1. The second kappa shape index (κ2) is 8.79. The Morgan fingerprint density at radius 3 is 2.38 bits per heavy atom. The zero-order valence-electron chi connectivity index (χ0n) is 16.4. The van der Waals surface area contributed by atoms with Crippen molar-refractivity contribution in [3.05, 3.63) is 71.9 Å². The molecule has 0 saturated carbocycles. The maximum atomic E-state index is 10.5. The van der Waals surface area contributed by atoms with Gasteiger partial charge in [-0.15, -0.1) is 10.9 Å². The lowest BCUT2D eigenvalue weighted by atomic mass is 10.3. The van der Waals surface area contributed by atoms with Gasteiger partial charge in [-0.2, -0.15) is 0 Å². The van der Waals surface area contributed by atoms with E-state index in [4.69, 9.17) is 9.84 Å². The summed E-state index contributed by atoms with van der Waals surface area (Å²) in [5, 5.41) is 20.6. The average Bonchev–Trinajstić information content (AvgIpc) is 3.12. The minimum atomic E-state index is -0.907. The minimum Gasteiger partial charge on any atom is -0.507 e. The third kappa shape index (κ3) is 4.41. The highest BCUT2D eigenvalue weighted by Crippen LogP contribution is 2.54. The Bertz CT molecular complexity index is 1030. The summed E-state index contributed by atoms with van der Waals surface area (Å²) in [4.78, 5) is 12.8. The monoisotopic (exact) mass is 411 g/mol. The molecule has 7 heteroatoms. The molecule has 0 aliphatic carbocycles. The van der Waals surface area contributed by atoms with E-state index in [1.54, 1.807) is 13.2 Å². The molecule has 3 aromatic rings. The summed E-state index contributed by atoms with van der Waals surface area (Å²) in [5.41, 5.74) is 2.13. The molecule has 0 bridgehead atoms. The van der Waals surface area contributed by atoms with Crippen molar-refractivity contribution in [2.75, 3.05) is 21.2 Å². The molecule has 2 N–H and O–H groups in total. The van der Waals surface area contributed by atoms with Crippen LogP contribution in [0.25, 0.3) is 11.8 Å². The van der Waals surface area contributed by atoms with Crippen LogP contribution in [0.15, 0.2) is 76.0 Å². The number of methoxy groups -OCH3 is 1. The molecule has 2 heterocycles. The van der Waals surface area contributed by atoms with Crippen molar-refractivity contribution in [1.29, 1.82) is 0 Å². The van der Waals surface area contributed by atoms with Gasteiger partial charge in [0.15, 0.2) is 0 Å². The van der Waals surface area contributed by atoms with Gasteiger partial charge in [-0.05, 0) is 60.0 Å². The highest BCUT2D eigenvalue weighted by molar-refractivity contribution is 8.20. The van der Waals surface area contributed by atoms with E-state index < -0.39 is 6.09 Å². The highest BCUT2D eigenvalue weighted by Gasteiger charge is 2.21. The summed E-state index contributed by atoms with van der Waals surface area (Å²) >= 11 is 0. The molecule has 29 heavy (non-hydrogen) atoms. The number of amides is 1. The number of rotatable bonds is 2. The number of ether oxygens (including phenoxy) is 1. The van der Waals surface area contributed by atoms with Crippen LogP contribution in [0, 0.1) is 0 Å². The SMILES string of the molecule is CN(C)C(=O)O.COc1ccc([S]2C=Cc3cccn3-c3cccc(O)c32)cc1. The summed E-state index contributed by atoms with van der Waals surface area (Å²) in [6, 6.07) is 17.8. The quantitative estimate of drug-likeness (QED) is 0.616. The van der Waals surface area contributed by atoms with E-state index in [0.29, 0.717) is 5.75 Å². The van der Waals surface area contributed by atoms with Crippen LogP contribution in [0.2, 0.25) is 0 Å². The number of hydrogen-bond donors (Lipinski definition) is 2. The van der Waals surface area contributed by atoms with Crippen molar-refractivity contribution in [1.82, 2.24) is 9.47 Å². The number of aromatic nitrogens is 1. The van der Waals surface area contributed by atoms with Gasteiger partial charge in [-0.3, -0.25) is 0 Å². The number of fused-ring (bicyclic) bond motifs is 3. The van der Waals surface area contributed by atoms with E-state index >= 15 is 0 Å². The van der Waals surface area contributed by atoms with Crippen molar-refractivity contribution < 1.29 is 19.7 Å². The fourth-order valence-electron chi connectivity index (χ4n) is 2.80. The number of carbonyl (C=O) groups is 1. The van der Waals surface area contributed by atoms with Gasteiger partial charge in [0.05, 0.1) is 17.7 Å². The molecule has 1 aliphatic rings. The van der Waals surface area contributed by atoms with Crippen molar-refractivity contribution in [2.45, 2.75) is 9.79 Å². The number of phenols is 1. The molecule has 4 rings (SSSR count). The Kier molecular flexibility index (Phi) is 6.19. The van der Waals surface area contributed by atoms with Gasteiger partial charge in [0.1, 0.15) is 11.5 Å². The first-order valence-corrected chi connectivity index (χ1v) is 10.2. The number of phenolic OH excluding ortho intramolecular Hbond substituents is 1. The fourth-order valence-corrected chi connectivity index (χ4v) is 4.72. The van der Waals surface area contributed by atoms with E-state index in [2.05, 4.69) is 40.3 Å². The lowest BCUT2D eigenvalue weighted by molar-refractivity contribution is 0.165. The molecule has 2 aromatic carbocycles. The fraction of sp³-hybridized carbons (Fsp3) is 0.136. The number of nitrogens with zero attached hydrogens (tertiary/aromatic N) is 2. The molecule has 0 fully saturated rings. The third-order valence-electron chi connectivity index (χ3n) is 4.30. The lowest BCUT2D eigenvalue weighted by Crippen LogP contribution is -2.18. The first kappa shape index (κ1) is 20.4. The summed E-state index contributed by atoms with van der Waals surface area (Å²) in [5.74, 6) is 1.16. The molecule has 151 valence electrons. The van der Waals surface area contributed by atoms with Gasteiger partial charge in [-0.25, -0.2) is 4.79 Å². The number of carboxylic acid groups (broad SMARTS) is 1. The standard InChI is InChI=1S/C19H16NO2S.C3H7NO2/c1-22-15-7-9-16(10-8-15)23-13-11-14-4-3-12-20(14)17-5-2-6-18(21)19(17)23;1-4(2)3(5)6/h2-13,21H,1H3;1-2H3,(H,5,6). The largest absolute Gasteiger partial charge is 0.507 e. The van der Waals surface area contributed by atoms with Crippen LogP contribution in [-0.2, 0) is 0 Å². The smallest absolute Gasteiger partial charge is 0.406 e. The van der Waals surface area contributed by atoms with Crippen molar-refractivity contribution in [3.8, 4) is 17.2 Å². The van der Waals surface area contributed by atoms with Crippen LogP contribution in [0.3, 0.4) is 0 Å². The van der Waals surface area contributed by atoms with E-state index in [9.17, 15) is 9.90 Å². The number of hydrogen-bond acceptors (Lipinski definition) is 3. The Morgan fingerprint density at radius 2 is 1.76 bits per heavy atom. The molecular formula is C22H23N2O4S. The van der Waals surface area contributed by atoms with Gasteiger partial charge < -0.3 is 24.4 Å². The van der Waals surface area contributed by atoms with Crippen molar-refractivity contribution in [2.24, 2.45) is 0 Å². The molecule has 0 unspecified atom stereocenters. The Morgan fingerprint density at radius 1 is 1.07 bits per heavy atom. The zero-order chi connectivity index (χ0) is 21.0. The van der Waals surface area contributed by atoms with E-state index in [0.717, 1.165) is 31.8 Å². The van der Waals surface area contributed by atoms with Crippen LogP contribution in [-0.4, -0.2) is 47.0 Å². The summed E-state index contributed by atoms with van der Waals surface area (Å²) < 4.78 is 7.36. The summed E-state index contributed by atoms with van der Waals surface area (Å²) in [7, 11) is 4.28. The van der Waals surface area contributed by atoms with Crippen LogP contribution in [0.1, 0.15) is 5.69 Å². The molecule has 0 spiro atoms. The topological polar surface area (TPSA) is 74.9 Å². The molecule has 1 aliphatic heterocycles. The van der Waals surface area contributed by atoms with Crippen LogP contribution < -0.4 is 4.74 Å². The molecule has 1 aromatic heterocycles. The maximum Gasteiger partial charge on any atom is 0.406 e. The number of benzene rings is 2. The van der Waals surface area contributed by atoms with Gasteiger partial charge in [0.25, 0.3) is 0 Å². The predicted octanol–water partition coefficient (Wildman–Crippen LogP) is 5.09. The van der Waals surface area contributed by atoms with E-state index in [-0.39, 0.29) is 10.9 Å². The van der Waals surface area contributed by atoms with Crippen molar-refractivity contribution >= 4 is 23.1 Å². The second-order valence-corrected chi connectivity index (χ2v) is 8.25. The first-order chi connectivity index (χ1) is 13.9. The molecule has 6 nitrogen and oxygen atoms in total. The van der Waals surface area contributed by atoms with Gasteiger partial charge >= 0.3 is 6.09 Å². The van der Waals surface area contributed by atoms with Gasteiger partial charge in [-0.1, -0.05) is 6.07 Å². The third-order valence-corrected chi connectivity index (χ3v) is 6.35. The Balaban J connectivity index is 0.000000353. The maximum absolute atomic E-state index is 10.5. The minimum absolute atomic E-state index is 0.327. The van der Waals surface area contributed by atoms with Crippen LogP contribution >= 0.6 is 10.9 Å². The molecule has 1 amide bonds. The van der Waals surface area contributed by atoms with Gasteiger partial charge in [0, 0.05) is 30.9 Å². The first-order valence-electron chi connectivity index (χ1n) is 8.87. The number of aromatic hydroxyl groups is 1. The summed E-state index contributed by atoms with van der Waals surface area (Å²) in [6.07, 6.45) is 3.24. The second-order valence-electron chi connectivity index (χ2n) is 6.42. The van der Waals surface area contributed by atoms with E-state index in [1.807, 2.05) is 30.5 Å². The average molecular weight is 412 g/mol. The lowest BCUT2D eigenvalue weighted by Gasteiger charge is -2.20. The predicted molar refractivity (Wildman–Crippen MR) is 115 cm³/mol. The molecule has 1 radical (unpaired) electrons. The molecule has 0 atom stereocenters.